The monoisotopic (exact) mass is 318 g/mol. The largest absolute Gasteiger partial charge is 0.439 e. The van der Waals surface area contributed by atoms with Gasteiger partial charge in [0.25, 0.3) is 0 Å². The molecule has 0 radical (unpaired) electrons. The van der Waals surface area contributed by atoms with Crippen molar-refractivity contribution in [3.8, 4) is 11.6 Å². The van der Waals surface area contributed by atoms with E-state index in [1.807, 2.05) is 37.3 Å². The van der Waals surface area contributed by atoms with Crippen LogP contribution in [-0.2, 0) is 4.74 Å². The fraction of sp³-hybridized carbons (Fsp3) is 0.267. The average molecular weight is 318 g/mol. The van der Waals surface area contributed by atoms with E-state index >= 15 is 0 Å². The van der Waals surface area contributed by atoms with E-state index < -0.39 is 0 Å². The number of aryl methyl sites for hydroxylation is 1. The number of rotatable bonds is 6. The third-order valence-electron chi connectivity index (χ3n) is 2.61. The number of thiocarbonyl (C=S) groups is 1. The Kier molecular flexibility index (Phi) is 6.05. The standard InChI is InChI=1S/C15H18N4O2S/c1-11-10-13(21-12-6-4-3-5-7-12)18-14(17-11)19-15(22)16-8-9-20-2/h3-7,10H,8-9H2,1-2H3,(H2,16,17,18,19,22). The van der Waals surface area contributed by atoms with Gasteiger partial charge in [0.05, 0.1) is 6.61 Å². The molecule has 1 heterocycles. The molecular formula is C15H18N4O2S. The van der Waals surface area contributed by atoms with Gasteiger partial charge in [-0.1, -0.05) is 18.2 Å². The number of benzene rings is 1. The number of nitrogens with zero attached hydrogens (tertiary/aromatic N) is 2. The van der Waals surface area contributed by atoms with Crippen LogP contribution in [0.4, 0.5) is 5.95 Å². The molecule has 0 amide bonds. The van der Waals surface area contributed by atoms with Gasteiger partial charge in [-0.15, -0.1) is 0 Å². The first-order valence-electron chi connectivity index (χ1n) is 6.80. The average Bonchev–Trinajstić information content (AvgIpc) is 2.48. The first-order valence-corrected chi connectivity index (χ1v) is 7.20. The van der Waals surface area contributed by atoms with Crippen molar-refractivity contribution < 1.29 is 9.47 Å². The minimum atomic E-state index is 0.390. The Morgan fingerprint density at radius 1 is 1.23 bits per heavy atom. The Labute approximate surface area is 134 Å². The highest BCUT2D eigenvalue weighted by Crippen LogP contribution is 2.20. The van der Waals surface area contributed by atoms with Crippen molar-refractivity contribution in [2.24, 2.45) is 0 Å². The molecule has 0 unspecified atom stereocenters. The quantitative estimate of drug-likeness (QED) is 0.626. The Hall–Kier alpha value is -2.25. The van der Waals surface area contributed by atoms with Gasteiger partial charge in [0.15, 0.2) is 5.11 Å². The first kappa shape index (κ1) is 16.1. The van der Waals surface area contributed by atoms with Crippen molar-refractivity contribution in [1.82, 2.24) is 15.3 Å². The van der Waals surface area contributed by atoms with Gasteiger partial charge in [-0.05, 0) is 31.3 Å². The van der Waals surface area contributed by atoms with Crippen LogP contribution in [0.25, 0.3) is 0 Å². The van der Waals surface area contributed by atoms with Crippen LogP contribution in [0, 0.1) is 6.92 Å². The van der Waals surface area contributed by atoms with E-state index in [0.29, 0.717) is 35.8 Å². The van der Waals surface area contributed by atoms with Gasteiger partial charge >= 0.3 is 0 Å². The predicted octanol–water partition coefficient (Wildman–Crippen LogP) is 2.51. The lowest BCUT2D eigenvalue weighted by Gasteiger charge is -2.11. The minimum absolute atomic E-state index is 0.390. The lowest BCUT2D eigenvalue weighted by molar-refractivity contribution is 0.204. The van der Waals surface area contributed by atoms with Crippen LogP contribution in [0.1, 0.15) is 5.69 Å². The van der Waals surface area contributed by atoms with Crippen molar-refractivity contribution in [2.45, 2.75) is 6.92 Å². The maximum atomic E-state index is 5.71. The van der Waals surface area contributed by atoms with E-state index in [1.165, 1.54) is 0 Å². The second-order valence-corrected chi connectivity index (χ2v) is 4.87. The molecular weight excluding hydrogens is 300 g/mol. The summed E-state index contributed by atoms with van der Waals surface area (Å²) in [6.45, 7) is 3.05. The summed E-state index contributed by atoms with van der Waals surface area (Å²) in [6, 6.07) is 11.2. The molecule has 0 aliphatic carbocycles. The maximum Gasteiger partial charge on any atom is 0.232 e. The van der Waals surface area contributed by atoms with Crippen molar-refractivity contribution in [3.05, 3.63) is 42.1 Å². The lowest BCUT2D eigenvalue weighted by Crippen LogP contribution is -2.31. The summed E-state index contributed by atoms with van der Waals surface area (Å²) in [7, 11) is 1.63. The first-order chi connectivity index (χ1) is 10.7. The summed E-state index contributed by atoms with van der Waals surface area (Å²) >= 11 is 5.17. The number of hydrogen-bond acceptors (Lipinski definition) is 5. The third-order valence-corrected chi connectivity index (χ3v) is 2.86. The number of para-hydroxylation sites is 1. The number of anilines is 1. The number of ether oxygens (including phenoxy) is 2. The van der Waals surface area contributed by atoms with Crippen LogP contribution < -0.4 is 15.4 Å². The Balaban J connectivity index is 2.02. The molecule has 22 heavy (non-hydrogen) atoms. The molecule has 7 heteroatoms. The minimum Gasteiger partial charge on any atom is -0.439 e. The van der Waals surface area contributed by atoms with Gasteiger partial charge in [-0.3, -0.25) is 0 Å². The second-order valence-electron chi connectivity index (χ2n) is 4.46. The van der Waals surface area contributed by atoms with Crippen LogP contribution >= 0.6 is 12.2 Å². The SMILES string of the molecule is COCCNC(=S)Nc1nc(C)cc(Oc2ccccc2)n1. The van der Waals surface area contributed by atoms with Crippen LogP contribution in [0.2, 0.25) is 0 Å². The molecule has 1 aromatic heterocycles. The summed E-state index contributed by atoms with van der Waals surface area (Å²) in [4.78, 5) is 8.58. The summed E-state index contributed by atoms with van der Waals surface area (Å²) in [5.41, 5.74) is 0.781. The van der Waals surface area contributed by atoms with E-state index in [2.05, 4.69) is 20.6 Å². The normalized spacial score (nSPS) is 10.1. The molecule has 0 aliphatic rings. The fourth-order valence-electron chi connectivity index (χ4n) is 1.67. The Morgan fingerprint density at radius 3 is 2.73 bits per heavy atom. The van der Waals surface area contributed by atoms with E-state index in [-0.39, 0.29) is 0 Å². The molecule has 2 rings (SSSR count). The zero-order valence-corrected chi connectivity index (χ0v) is 13.3. The summed E-state index contributed by atoms with van der Waals surface area (Å²) in [5, 5.41) is 6.36. The highest BCUT2D eigenvalue weighted by molar-refractivity contribution is 7.80. The van der Waals surface area contributed by atoms with Gasteiger partial charge in [0.2, 0.25) is 11.8 Å². The second kappa shape index (κ2) is 8.26. The van der Waals surface area contributed by atoms with E-state index in [1.54, 1.807) is 13.2 Å². The molecule has 0 saturated heterocycles. The number of aromatic nitrogens is 2. The third kappa shape index (κ3) is 5.27. The Bertz CT molecular complexity index is 622. The topological polar surface area (TPSA) is 68.3 Å². The van der Waals surface area contributed by atoms with Crippen molar-refractivity contribution in [1.29, 1.82) is 0 Å². The van der Waals surface area contributed by atoms with Gasteiger partial charge in [-0.25, -0.2) is 4.98 Å². The summed E-state index contributed by atoms with van der Waals surface area (Å²) in [6.07, 6.45) is 0. The van der Waals surface area contributed by atoms with E-state index in [0.717, 1.165) is 5.69 Å². The molecule has 2 aromatic rings. The van der Waals surface area contributed by atoms with Gasteiger partial charge in [-0.2, -0.15) is 4.98 Å². The molecule has 6 nitrogen and oxygen atoms in total. The van der Waals surface area contributed by atoms with Gasteiger partial charge < -0.3 is 20.1 Å². The molecule has 0 bridgehead atoms. The molecule has 0 fully saturated rings. The van der Waals surface area contributed by atoms with Crippen molar-refractivity contribution >= 4 is 23.3 Å². The Morgan fingerprint density at radius 2 is 2.00 bits per heavy atom. The number of methoxy groups -OCH3 is 1. The fourth-order valence-corrected chi connectivity index (χ4v) is 1.86. The van der Waals surface area contributed by atoms with E-state index in [4.69, 9.17) is 21.7 Å². The van der Waals surface area contributed by atoms with Gasteiger partial charge in [0.1, 0.15) is 5.75 Å². The van der Waals surface area contributed by atoms with Crippen molar-refractivity contribution in [3.63, 3.8) is 0 Å². The maximum absolute atomic E-state index is 5.71. The van der Waals surface area contributed by atoms with Crippen molar-refractivity contribution in [2.75, 3.05) is 25.6 Å². The molecule has 2 N–H and O–H groups in total. The molecule has 1 aromatic carbocycles. The highest BCUT2D eigenvalue weighted by atomic mass is 32.1. The highest BCUT2D eigenvalue weighted by Gasteiger charge is 2.06. The van der Waals surface area contributed by atoms with E-state index in [9.17, 15) is 0 Å². The number of hydrogen-bond donors (Lipinski definition) is 2. The molecule has 0 saturated carbocycles. The zero-order valence-electron chi connectivity index (χ0n) is 12.5. The van der Waals surface area contributed by atoms with Crippen LogP contribution in [0.5, 0.6) is 11.6 Å². The van der Waals surface area contributed by atoms with Crippen LogP contribution in [0.3, 0.4) is 0 Å². The zero-order chi connectivity index (χ0) is 15.8. The summed E-state index contributed by atoms with van der Waals surface area (Å²) in [5.74, 6) is 1.56. The van der Waals surface area contributed by atoms with Crippen LogP contribution in [0.15, 0.2) is 36.4 Å². The molecule has 0 atom stereocenters. The number of nitrogens with one attached hydrogen (secondary N) is 2. The smallest absolute Gasteiger partial charge is 0.232 e. The lowest BCUT2D eigenvalue weighted by atomic mass is 10.3. The summed E-state index contributed by atoms with van der Waals surface area (Å²) < 4.78 is 10.7. The molecule has 116 valence electrons. The predicted molar refractivity (Wildman–Crippen MR) is 89.4 cm³/mol. The van der Waals surface area contributed by atoms with Crippen LogP contribution in [-0.4, -0.2) is 35.3 Å². The van der Waals surface area contributed by atoms with Gasteiger partial charge in [0, 0.05) is 25.4 Å². The molecule has 0 aliphatic heterocycles. The molecule has 0 spiro atoms.